The van der Waals surface area contributed by atoms with Crippen LogP contribution in [0.4, 0.5) is 5.69 Å². The molecule has 1 amide bonds. The summed E-state index contributed by atoms with van der Waals surface area (Å²) in [4.78, 5) is 15.4. The minimum absolute atomic E-state index is 0.00210. The quantitative estimate of drug-likeness (QED) is 0.573. The van der Waals surface area contributed by atoms with E-state index in [4.69, 9.17) is 0 Å². The third-order valence-corrected chi connectivity index (χ3v) is 4.70. The number of carbonyl (C=O) groups is 1. The van der Waals surface area contributed by atoms with Crippen LogP contribution in [0.15, 0.2) is 66.1 Å². The number of likely N-dealkylation sites (N-methyl/N-ethyl adjacent to an activating group) is 1. The van der Waals surface area contributed by atoms with E-state index >= 15 is 0 Å². The molecule has 0 saturated heterocycles. The van der Waals surface area contributed by atoms with Gasteiger partial charge in [0.15, 0.2) is 0 Å². The van der Waals surface area contributed by atoms with Crippen molar-refractivity contribution in [1.29, 1.82) is 0 Å². The Morgan fingerprint density at radius 3 is 2.67 bits per heavy atom. The highest BCUT2D eigenvalue weighted by Gasteiger charge is 2.10. The minimum Gasteiger partial charge on any atom is -0.324 e. The highest BCUT2D eigenvalue weighted by atomic mass is 32.2. The number of nitrogens with one attached hydrogen (secondary N) is 1. The topological polar surface area (TPSA) is 32.3 Å². The average Bonchev–Trinajstić information content (AvgIpc) is 2.56. The summed E-state index contributed by atoms with van der Waals surface area (Å²) in [5.41, 5.74) is 3.35. The van der Waals surface area contributed by atoms with E-state index in [9.17, 15) is 4.79 Å². The van der Waals surface area contributed by atoms with Gasteiger partial charge in [0.1, 0.15) is 0 Å². The molecule has 0 aliphatic rings. The highest BCUT2D eigenvalue weighted by Crippen LogP contribution is 2.26. The van der Waals surface area contributed by atoms with Gasteiger partial charge in [-0.05, 0) is 37.2 Å². The summed E-state index contributed by atoms with van der Waals surface area (Å²) in [6.45, 7) is 6.94. The van der Waals surface area contributed by atoms with Gasteiger partial charge in [0.05, 0.1) is 12.2 Å². The number of carbonyl (C=O) groups excluding carboxylic acids is 1. The molecule has 3 nitrogen and oxygen atoms in total. The zero-order chi connectivity index (χ0) is 17.4. The predicted octanol–water partition coefficient (Wildman–Crippen LogP) is 4.34. The molecule has 2 aromatic rings. The van der Waals surface area contributed by atoms with Crippen LogP contribution in [-0.2, 0) is 11.3 Å². The third-order valence-electron chi connectivity index (χ3n) is 3.63. The van der Waals surface area contributed by atoms with E-state index in [1.54, 1.807) is 11.8 Å². The Morgan fingerprint density at radius 1 is 1.21 bits per heavy atom. The standard InChI is InChI=1S/C20H24N2OS/c1-4-13-24-19-12-8-7-11-18(19)21-20(23)15-22(3)14-17-10-6-5-9-16(17)2/h4-12H,1,13-15H2,2-3H3,(H,21,23). The van der Waals surface area contributed by atoms with E-state index in [2.05, 4.69) is 31.0 Å². The van der Waals surface area contributed by atoms with Crippen molar-refractivity contribution in [1.82, 2.24) is 4.90 Å². The monoisotopic (exact) mass is 340 g/mol. The fourth-order valence-corrected chi connectivity index (χ4v) is 3.16. The Bertz CT molecular complexity index is 700. The van der Waals surface area contributed by atoms with Gasteiger partial charge in [-0.2, -0.15) is 0 Å². The lowest BCUT2D eigenvalue weighted by atomic mass is 10.1. The molecular formula is C20H24N2OS. The Kier molecular flexibility index (Phi) is 7.09. The Hall–Kier alpha value is -2.04. The lowest BCUT2D eigenvalue weighted by Crippen LogP contribution is -2.30. The number of amides is 1. The van der Waals surface area contributed by atoms with Crippen molar-refractivity contribution in [3.05, 3.63) is 72.3 Å². The number of aryl methyl sites for hydroxylation is 1. The maximum absolute atomic E-state index is 12.3. The smallest absolute Gasteiger partial charge is 0.238 e. The summed E-state index contributed by atoms with van der Waals surface area (Å²) in [5.74, 6) is 0.817. The normalized spacial score (nSPS) is 10.6. The molecule has 0 spiro atoms. The number of anilines is 1. The maximum atomic E-state index is 12.3. The second kappa shape index (κ2) is 9.30. The first-order chi connectivity index (χ1) is 11.6. The predicted molar refractivity (Wildman–Crippen MR) is 104 cm³/mol. The van der Waals surface area contributed by atoms with Gasteiger partial charge < -0.3 is 5.32 Å². The Labute approximate surface area is 148 Å². The van der Waals surface area contributed by atoms with Gasteiger partial charge in [0.2, 0.25) is 5.91 Å². The SMILES string of the molecule is C=CCSc1ccccc1NC(=O)CN(C)Cc1ccccc1C. The summed E-state index contributed by atoms with van der Waals surface area (Å²) >= 11 is 1.67. The van der Waals surface area contributed by atoms with E-state index in [0.717, 1.165) is 22.9 Å². The van der Waals surface area contributed by atoms with Gasteiger partial charge in [0, 0.05) is 17.2 Å². The zero-order valence-electron chi connectivity index (χ0n) is 14.3. The van der Waals surface area contributed by atoms with Crippen LogP contribution in [0.5, 0.6) is 0 Å². The number of nitrogens with zero attached hydrogens (tertiary/aromatic N) is 1. The van der Waals surface area contributed by atoms with Crippen LogP contribution in [0.2, 0.25) is 0 Å². The van der Waals surface area contributed by atoms with Crippen LogP contribution in [0.1, 0.15) is 11.1 Å². The first-order valence-electron chi connectivity index (χ1n) is 7.95. The van der Waals surface area contributed by atoms with Crippen LogP contribution >= 0.6 is 11.8 Å². The number of rotatable bonds is 8. The van der Waals surface area contributed by atoms with Gasteiger partial charge in [-0.3, -0.25) is 9.69 Å². The van der Waals surface area contributed by atoms with Crippen molar-refractivity contribution < 1.29 is 4.79 Å². The van der Waals surface area contributed by atoms with E-state index in [0.29, 0.717) is 6.54 Å². The first kappa shape index (κ1) is 18.3. The second-order valence-electron chi connectivity index (χ2n) is 5.74. The van der Waals surface area contributed by atoms with Gasteiger partial charge in [-0.15, -0.1) is 18.3 Å². The lowest BCUT2D eigenvalue weighted by Gasteiger charge is -2.18. The van der Waals surface area contributed by atoms with Crippen molar-refractivity contribution in [3.8, 4) is 0 Å². The van der Waals surface area contributed by atoms with Gasteiger partial charge in [-0.25, -0.2) is 0 Å². The number of para-hydroxylation sites is 1. The van der Waals surface area contributed by atoms with Gasteiger partial charge in [-0.1, -0.05) is 42.5 Å². The molecule has 24 heavy (non-hydrogen) atoms. The molecule has 2 aromatic carbocycles. The Balaban J connectivity index is 1.93. The summed E-state index contributed by atoms with van der Waals surface area (Å²) in [6, 6.07) is 16.1. The summed E-state index contributed by atoms with van der Waals surface area (Å²) in [6.07, 6.45) is 1.86. The largest absolute Gasteiger partial charge is 0.324 e. The molecule has 2 rings (SSSR count). The van der Waals surface area contributed by atoms with Gasteiger partial charge in [0.25, 0.3) is 0 Å². The second-order valence-corrected chi connectivity index (χ2v) is 6.80. The average molecular weight is 340 g/mol. The number of hydrogen-bond donors (Lipinski definition) is 1. The number of hydrogen-bond acceptors (Lipinski definition) is 3. The fraction of sp³-hybridized carbons (Fsp3) is 0.250. The van der Waals surface area contributed by atoms with Crippen LogP contribution in [-0.4, -0.2) is 30.2 Å². The van der Waals surface area contributed by atoms with Crippen molar-refractivity contribution in [2.45, 2.75) is 18.4 Å². The maximum Gasteiger partial charge on any atom is 0.238 e. The lowest BCUT2D eigenvalue weighted by molar-refractivity contribution is -0.117. The highest BCUT2D eigenvalue weighted by molar-refractivity contribution is 7.99. The Morgan fingerprint density at radius 2 is 1.92 bits per heavy atom. The van der Waals surface area contributed by atoms with E-state index < -0.39 is 0 Å². The molecule has 126 valence electrons. The van der Waals surface area contributed by atoms with Crippen LogP contribution < -0.4 is 5.32 Å². The molecule has 0 fully saturated rings. The fourth-order valence-electron chi connectivity index (χ4n) is 2.41. The number of benzene rings is 2. The molecule has 0 aromatic heterocycles. The first-order valence-corrected chi connectivity index (χ1v) is 8.94. The van der Waals surface area contributed by atoms with Crippen molar-refractivity contribution in [3.63, 3.8) is 0 Å². The van der Waals surface area contributed by atoms with Crippen molar-refractivity contribution in [2.75, 3.05) is 24.7 Å². The van der Waals surface area contributed by atoms with E-state index in [1.807, 2.05) is 54.4 Å². The zero-order valence-corrected chi connectivity index (χ0v) is 15.1. The van der Waals surface area contributed by atoms with Gasteiger partial charge >= 0.3 is 0 Å². The van der Waals surface area contributed by atoms with E-state index in [-0.39, 0.29) is 5.91 Å². The molecule has 0 heterocycles. The molecule has 0 aliphatic carbocycles. The molecule has 0 saturated carbocycles. The summed E-state index contributed by atoms with van der Waals surface area (Å²) in [7, 11) is 1.96. The summed E-state index contributed by atoms with van der Waals surface area (Å²) in [5, 5.41) is 3.01. The van der Waals surface area contributed by atoms with E-state index in [1.165, 1.54) is 11.1 Å². The van der Waals surface area contributed by atoms with Crippen molar-refractivity contribution in [2.24, 2.45) is 0 Å². The third kappa shape index (κ3) is 5.55. The van der Waals surface area contributed by atoms with Crippen LogP contribution in [0.25, 0.3) is 0 Å². The molecule has 0 aliphatic heterocycles. The summed E-state index contributed by atoms with van der Waals surface area (Å²) < 4.78 is 0. The molecule has 4 heteroatoms. The molecule has 0 atom stereocenters. The van der Waals surface area contributed by atoms with Crippen LogP contribution in [0, 0.1) is 6.92 Å². The molecular weight excluding hydrogens is 316 g/mol. The molecule has 1 N–H and O–H groups in total. The number of thioether (sulfide) groups is 1. The minimum atomic E-state index is -0.00210. The molecule has 0 radical (unpaired) electrons. The van der Waals surface area contributed by atoms with Crippen molar-refractivity contribution >= 4 is 23.4 Å². The molecule has 0 bridgehead atoms. The molecule has 0 unspecified atom stereocenters. The van der Waals surface area contributed by atoms with Crippen LogP contribution in [0.3, 0.4) is 0 Å².